The van der Waals surface area contributed by atoms with Crippen LogP contribution in [0.1, 0.15) is 30.5 Å². The smallest absolute Gasteiger partial charge is 0.147 e. The second-order valence-electron chi connectivity index (χ2n) is 4.31. The molecule has 0 radical (unpaired) electrons. The SMILES string of the molecule is CCc1ccccc1C(CCS(C)(=O)=O)NC. The first-order valence-electron chi connectivity index (χ1n) is 5.90. The summed E-state index contributed by atoms with van der Waals surface area (Å²) in [4.78, 5) is 0. The van der Waals surface area contributed by atoms with E-state index < -0.39 is 9.84 Å². The molecule has 0 heterocycles. The first-order valence-corrected chi connectivity index (χ1v) is 7.96. The van der Waals surface area contributed by atoms with Gasteiger partial charge in [0.15, 0.2) is 0 Å². The van der Waals surface area contributed by atoms with Crippen LogP contribution in [0.4, 0.5) is 0 Å². The summed E-state index contributed by atoms with van der Waals surface area (Å²) in [5, 5.41) is 3.20. The van der Waals surface area contributed by atoms with E-state index in [0.29, 0.717) is 6.42 Å². The Bertz CT molecular complexity index is 454. The lowest BCUT2D eigenvalue weighted by molar-refractivity contribution is 0.556. The van der Waals surface area contributed by atoms with Crippen LogP contribution in [0.5, 0.6) is 0 Å². The highest BCUT2D eigenvalue weighted by Crippen LogP contribution is 2.21. The largest absolute Gasteiger partial charge is 0.313 e. The first kappa shape index (κ1) is 14.2. The van der Waals surface area contributed by atoms with Gasteiger partial charge in [-0.1, -0.05) is 31.2 Å². The molecule has 1 atom stereocenters. The quantitative estimate of drug-likeness (QED) is 0.845. The molecule has 1 N–H and O–H groups in total. The molecule has 0 fully saturated rings. The van der Waals surface area contributed by atoms with Crippen molar-refractivity contribution in [3.05, 3.63) is 35.4 Å². The predicted molar refractivity (Wildman–Crippen MR) is 71.9 cm³/mol. The molecule has 0 aliphatic heterocycles. The lowest BCUT2D eigenvalue weighted by Crippen LogP contribution is -2.21. The summed E-state index contributed by atoms with van der Waals surface area (Å²) in [5.74, 6) is 0.219. The van der Waals surface area contributed by atoms with Gasteiger partial charge in [-0.2, -0.15) is 0 Å². The van der Waals surface area contributed by atoms with E-state index in [1.165, 1.54) is 17.4 Å². The molecule has 1 aromatic rings. The first-order chi connectivity index (χ1) is 7.98. The molecule has 0 bridgehead atoms. The Kier molecular flexibility index (Phi) is 5.15. The van der Waals surface area contributed by atoms with Gasteiger partial charge in [-0.15, -0.1) is 0 Å². The molecule has 0 saturated carbocycles. The van der Waals surface area contributed by atoms with Gasteiger partial charge < -0.3 is 5.32 Å². The van der Waals surface area contributed by atoms with E-state index in [2.05, 4.69) is 24.4 Å². The Morgan fingerprint density at radius 1 is 1.29 bits per heavy atom. The van der Waals surface area contributed by atoms with E-state index in [1.807, 2.05) is 19.2 Å². The lowest BCUT2D eigenvalue weighted by Gasteiger charge is -2.19. The molecule has 3 nitrogen and oxygen atoms in total. The Morgan fingerprint density at radius 3 is 2.47 bits per heavy atom. The molecule has 1 unspecified atom stereocenters. The maximum absolute atomic E-state index is 11.2. The van der Waals surface area contributed by atoms with Crippen LogP contribution in [0.2, 0.25) is 0 Å². The van der Waals surface area contributed by atoms with Crippen LogP contribution >= 0.6 is 0 Å². The van der Waals surface area contributed by atoms with Gasteiger partial charge in [-0.3, -0.25) is 0 Å². The number of benzene rings is 1. The molecule has 0 spiro atoms. The van der Waals surface area contributed by atoms with Gasteiger partial charge in [0, 0.05) is 12.3 Å². The van der Waals surface area contributed by atoms with E-state index in [0.717, 1.165) is 6.42 Å². The standard InChI is InChI=1S/C13H21NO2S/c1-4-11-7-5-6-8-12(11)13(14-2)9-10-17(3,15)16/h5-8,13-14H,4,9-10H2,1-3H3. The second kappa shape index (κ2) is 6.17. The molecule has 0 aliphatic carbocycles. The fraction of sp³-hybridized carbons (Fsp3) is 0.538. The zero-order chi connectivity index (χ0) is 12.9. The minimum absolute atomic E-state index is 0.112. The van der Waals surface area contributed by atoms with Crippen molar-refractivity contribution in [2.75, 3.05) is 19.1 Å². The molecular formula is C13H21NO2S. The zero-order valence-electron chi connectivity index (χ0n) is 10.7. The van der Waals surface area contributed by atoms with Gasteiger partial charge in [0.25, 0.3) is 0 Å². The monoisotopic (exact) mass is 255 g/mol. The topological polar surface area (TPSA) is 46.2 Å². The molecule has 1 aromatic carbocycles. The van der Waals surface area contributed by atoms with E-state index in [-0.39, 0.29) is 11.8 Å². The molecule has 0 aliphatic rings. The highest BCUT2D eigenvalue weighted by Gasteiger charge is 2.14. The maximum Gasteiger partial charge on any atom is 0.147 e. The minimum atomic E-state index is -2.90. The number of nitrogens with one attached hydrogen (secondary N) is 1. The molecule has 17 heavy (non-hydrogen) atoms. The van der Waals surface area contributed by atoms with Gasteiger partial charge in [0.05, 0.1) is 5.75 Å². The van der Waals surface area contributed by atoms with Crippen LogP contribution in [-0.2, 0) is 16.3 Å². The van der Waals surface area contributed by atoms with E-state index in [1.54, 1.807) is 0 Å². The van der Waals surface area contributed by atoms with Crippen molar-refractivity contribution in [2.45, 2.75) is 25.8 Å². The van der Waals surface area contributed by atoms with Crippen LogP contribution in [-0.4, -0.2) is 27.5 Å². The Hall–Kier alpha value is -0.870. The van der Waals surface area contributed by atoms with Crippen LogP contribution < -0.4 is 5.32 Å². The summed E-state index contributed by atoms with van der Waals surface area (Å²) in [6.45, 7) is 2.11. The third-order valence-corrected chi connectivity index (χ3v) is 3.91. The van der Waals surface area contributed by atoms with Crippen molar-refractivity contribution in [1.82, 2.24) is 5.32 Å². The maximum atomic E-state index is 11.2. The third kappa shape index (κ3) is 4.48. The fourth-order valence-corrected chi connectivity index (χ4v) is 2.65. The van der Waals surface area contributed by atoms with Crippen LogP contribution in [0.3, 0.4) is 0 Å². The summed E-state index contributed by atoms with van der Waals surface area (Å²) >= 11 is 0. The predicted octanol–water partition coefficient (Wildman–Crippen LogP) is 1.94. The van der Waals surface area contributed by atoms with Crippen molar-refractivity contribution in [2.24, 2.45) is 0 Å². The normalized spacial score (nSPS) is 13.6. The second-order valence-corrected chi connectivity index (χ2v) is 6.57. The van der Waals surface area contributed by atoms with Crippen LogP contribution in [0.15, 0.2) is 24.3 Å². The van der Waals surface area contributed by atoms with Gasteiger partial charge in [0.2, 0.25) is 0 Å². The minimum Gasteiger partial charge on any atom is -0.313 e. The van der Waals surface area contributed by atoms with E-state index in [4.69, 9.17) is 0 Å². The molecule has 0 saturated heterocycles. The number of hydrogen-bond donors (Lipinski definition) is 1. The molecule has 96 valence electrons. The summed E-state index contributed by atoms with van der Waals surface area (Å²) in [6.07, 6.45) is 2.87. The number of aryl methyl sites for hydroxylation is 1. The van der Waals surface area contributed by atoms with Crippen molar-refractivity contribution >= 4 is 9.84 Å². The lowest BCUT2D eigenvalue weighted by atomic mass is 9.97. The van der Waals surface area contributed by atoms with Crippen molar-refractivity contribution in [3.63, 3.8) is 0 Å². The van der Waals surface area contributed by atoms with Crippen LogP contribution in [0, 0.1) is 0 Å². The highest BCUT2D eigenvalue weighted by molar-refractivity contribution is 7.90. The molecular weight excluding hydrogens is 234 g/mol. The van der Waals surface area contributed by atoms with Crippen molar-refractivity contribution < 1.29 is 8.42 Å². The Labute approximate surface area is 104 Å². The fourth-order valence-electron chi connectivity index (χ4n) is 1.98. The van der Waals surface area contributed by atoms with Gasteiger partial charge >= 0.3 is 0 Å². The van der Waals surface area contributed by atoms with Crippen molar-refractivity contribution in [1.29, 1.82) is 0 Å². The van der Waals surface area contributed by atoms with Crippen molar-refractivity contribution in [3.8, 4) is 0 Å². The zero-order valence-corrected chi connectivity index (χ0v) is 11.5. The average Bonchev–Trinajstić information content (AvgIpc) is 2.29. The highest BCUT2D eigenvalue weighted by atomic mass is 32.2. The van der Waals surface area contributed by atoms with Gasteiger partial charge in [-0.25, -0.2) is 8.42 Å². The van der Waals surface area contributed by atoms with Gasteiger partial charge in [0.1, 0.15) is 9.84 Å². The number of rotatable bonds is 6. The summed E-state index contributed by atoms with van der Waals surface area (Å²) in [6, 6.07) is 8.30. The summed E-state index contributed by atoms with van der Waals surface area (Å²) in [5.41, 5.74) is 2.49. The average molecular weight is 255 g/mol. The molecule has 1 rings (SSSR count). The van der Waals surface area contributed by atoms with E-state index >= 15 is 0 Å². The third-order valence-electron chi connectivity index (χ3n) is 2.94. The Morgan fingerprint density at radius 2 is 1.94 bits per heavy atom. The molecule has 0 amide bonds. The van der Waals surface area contributed by atoms with Gasteiger partial charge in [-0.05, 0) is 31.0 Å². The molecule has 0 aromatic heterocycles. The molecule has 4 heteroatoms. The Balaban J connectivity index is 2.86. The number of sulfone groups is 1. The van der Waals surface area contributed by atoms with E-state index in [9.17, 15) is 8.42 Å². The van der Waals surface area contributed by atoms with Crippen LogP contribution in [0.25, 0.3) is 0 Å². The number of hydrogen-bond acceptors (Lipinski definition) is 3. The summed E-state index contributed by atoms with van der Waals surface area (Å²) < 4.78 is 22.4. The summed E-state index contributed by atoms with van der Waals surface area (Å²) in [7, 11) is -1.02.